The maximum atomic E-state index is 9.80. The van der Waals surface area contributed by atoms with Gasteiger partial charge >= 0.3 is 23.1 Å². The van der Waals surface area contributed by atoms with Crippen molar-refractivity contribution in [3.05, 3.63) is 0 Å². The summed E-state index contributed by atoms with van der Waals surface area (Å²) in [4.78, 5) is 0. The molecule has 0 saturated heterocycles. The summed E-state index contributed by atoms with van der Waals surface area (Å²) in [7, 11) is 0. The van der Waals surface area contributed by atoms with E-state index in [0.29, 0.717) is 0 Å². The average molecular weight is 171 g/mol. The van der Waals surface area contributed by atoms with Crippen LogP contribution in [-0.2, 0) is 0 Å². The van der Waals surface area contributed by atoms with E-state index in [9.17, 15) is 5.11 Å². The van der Waals surface area contributed by atoms with Gasteiger partial charge in [0.1, 0.15) is 0 Å². The summed E-state index contributed by atoms with van der Waals surface area (Å²) in [6, 6.07) is 0. The van der Waals surface area contributed by atoms with Crippen LogP contribution in [0.1, 0.15) is 39.5 Å². The monoisotopic (exact) mass is 170 g/mol. The molecule has 0 rings (SSSR count). The van der Waals surface area contributed by atoms with Crippen LogP contribution in [0.3, 0.4) is 0 Å². The SMILES string of the molecule is CCCCCC[O-].CC[O-].[Mg+2]. The molecule has 0 radical (unpaired) electrons. The summed E-state index contributed by atoms with van der Waals surface area (Å²) in [5.41, 5.74) is 0. The molecule has 0 aromatic rings. The molecular weight excluding hydrogens is 152 g/mol. The largest absolute Gasteiger partial charge is 2.00 e. The van der Waals surface area contributed by atoms with Gasteiger partial charge in [-0.1, -0.05) is 39.5 Å². The number of hydrogen-bond donors (Lipinski definition) is 0. The molecule has 64 valence electrons. The van der Waals surface area contributed by atoms with E-state index in [4.69, 9.17) is 5.11 Å². The molecular formula is C8H18MgO2. The molecule has 0 fully saturated rings. The van der Waals surface area contributed by atoms with Gasteiger partial charge in [-0.05, 0) is 0 Å². The Hall–Kier alpha value is 0.686. The quantitative estimate of drug-likeness (QED) is 0.437. The third kappa shape index (κ3) is 36.7. The molecule has 0 amide bonds. The Balaban J connectivity index is -0.000000140. The Kier molecular flexibility index (Phi) is 36.1. The van der Waals surface area contributed by atoms with E-state index < -0.39 is 0 Å². The fourth-order valence-electron chi connectivity index (χ4n) is 0.529. The molecule has 0 heterocycles. The number of unbranched alkanes of at least 4 members (excludes halogenated alkanes) is 3. The fraction of sp³-hybridized carbons (Fsp3) is 1.00. The van der Waals surface area contributed by atoms with E-state index in [1.165, 1.54) is 12.8 Å². The van der Waals surface area contributed by atoms with Gasteiger partial charge in [0.15, 0.2) is 0 Å². The molecule has 0 aliphatic heterocycles. The van der Waals surface area contributed by atoms with Gasteiger partial charge in [-0.25, -0.2) is 0 Å². The van der Waals surface area contributed by atoms with E-state index in [2.05, 4.69) is 6.92 Å². The van der Waals surface area contributed by atoms with Gasteiger partial charge in [-0.2, -0.15) is 0 Å². The standard InChI is InChI=1S/C6H13O.C2H5O.Mg/c1-2-3-4-5-6-7;1-2-3;/h2-6H2,1H3;2H2,1H3;/q2*-1;+2. The van der Waals surface area contributed by atoms with Crippen molar-refractivity contribution in [2.75, 3.05) is 13.2 Å². The topological polar surface area (TPSA) is 46.1 Å². The van der Waals surface area contributed by atoms with Crippen LogP contribution >= 0.6 is 0 Å². The predicted molar refractivity (Wildman–Crippen MR) is 45.3 cm³/mol. The molecule has 0 aromatic heterocycles. The summed E-state index contributed by atoms with van der Waals surface area (Å²) >= 11 is 0. The minimum atomic E-state index is 0. The Bertz CT molecular complexity index is 39.1. The van der Waals surface area contributed by atoms with Crippen LogP contribution in [0.2, 0.25) is 0 Å². The second-order valence-corrected chi connectivity index (χ2v) is 2.05. The summed E-state index contributed by atoms with van der Waals surface area (Å²) in [6.07, 6.45) is 4.44. The normalized spacial score (nSPS) is 7.64. The first-order valence-electron chi connectivity index (χ1n) is 3.99. The first-order valence-corrected chi connectivity index (χ1v) is 3.99. The number of rotatable bonds is 4. The molecule has 2 nitrogen and oxygen atoms in total. The summed E-state index contributed by atoms with van der Waals surface area (Å²) in [5, 5.41) is 18.7. The van der Waals surface area contributed by atoms with E-state index in [1.807, 2.05) is 0 Å². The van der Waals surface area contributed by atoms with Gasteiger partial charge in [0.25, 0.3) is 0 Å². The molecule has 0 spiro atoms. The van der Waals surface area contributed by atoms with E-state index in [1.54, 1.807) is 6.92 Å². The second kappa shape index (κ2) is 22.4. The second-order valence-electron chi connectivity index (χ2n) is 2.05. The molecule has 0 bridgehead atoms. The van der Waals surface area contributed by atoms with Crippen molar-refractivity contribution in [3.8, 4) is 0 Å². The average Bonchev–Trinajstić information content (AvgIpc) is 1.91. The van der Waals surface area contributed by atoms with Crippen molar-refractivity contribution in [3.63, 3.8) is 0 Å². The molecule has 0 aliphatic carbocycles. The maximum Gasteiger partial charge on any atom is 2.00 e. The predicted octanol–water partition coefficient (Wildman–Crippen LogP) is -0.0872. The van der Waals surface area contributed by atoms with E-state index >= 15 is 0 Å². The third-order valence-corrected chi connectivity index (χ3v) is 0.998. The van der Waals surface area contributed by atoms with Crippen molar-refractivity contribution in [2.45, 2.75) is 39.5 Å². The zero-order valence-electron chi connectivity index (χ0n) is 7.77. The zero-order chi connectivity index (χ0) is 8.24. The fourth-order valence-corrected chi connectivity index (χ4v) is 0.529. The van der Waals surface area contributed by atoms with Crippen molar-refractivity contribution < 1.29 is 10.2 Å². The van der Waals surface area contributed by atoms with Crippen LogP contribution < -0.4 is 10.2 Å². The summed E-state index contributed by atoms with van der Waals surface area (Å²) in [6.45, 7) is 3.82. The summed E-state index contributed by atoms with van der Waals surface area (Å²) in [5.74, 6) is 0. The zero-order valence-corrected chi connectivity index (χ0v) is 9.18. The molecule has 3 heteroatoms. The minimum absolute atomic E-state index is 0. The van der Waals surface area contributed by atoms with Gasteiger partial charge < -0.3 is 10.2 Å². The first-order chi connectivity index (χ1) is 4.83. The van der Waals surface area contributed by atoms with Crippen LogP contribution in [0.15, 0.2) is 0 Å². The Morgan fingerprint density at radius 2 is 1.36 bits per heavy atom. The molecule has 0 aromatic carbocycles. The van der Waals surface area contributed by atoms with Gasteiger partial charge in [-0.15, -0.1) is 13.2 Å². The van der Waals surface area contributed by atoms with Crippen LogP contribution in [0.5, 0.6) is 0 Å². The van der Waals surface area contributed by atoms with Crippen LogP contribution in [-0.4, -0.2) is 36.3 Å². The minimum Gasteiger partial charge on any atom is -0.855 e. The molecule has 0 N–H and O–H groups in total. The first kappa shape index (κ1) is 17.7. The number of hydrogen-bond acceptors (Lipinski definition) is 2. The van der Waals surface area contributed by atoms with Crippen molar-refractivity contribution in [1.82, 2.24) is 0 Å². The molecule has 0 unspecified atom stereocenters. The van der Waals surface area contributed by atoms with Gasteiger partial charge in [0.2, 0.25) is 0 Å². The van der Waals surface area contributed by atoms with Gasteiger partial charge in [-0.3, -0.25) is 0 Å². The van der Waals surface area contributed by atoms with Gasteiger partial charge in [0.05, 0.1) is 0 Å². The third-order valence-electron chi connectivity index (χ3n) is 0.998. The summed E-state index contributed by atoms with van der Waals surface area (Å²) < 4.78 is 0. The smallest absolute Gasteiger partial charge is 0.855 e. The van der Waals surface area contributed by atoms with E-state index in [-0.39, 0.29) is 36.3 Å². The van der Waals surface area contributed by atoms with Gasteiger partial charge in [0, 0.05) is 0 Å². The Morgan fingerprint density at radius 3 is 1.64 bits per heavy atom. The van der Waals surface area contributed by atoms with E-state index in [0.717, 1.165) is 12.8 Å². The van der Waals surface area contributed by atoms with Crippen LogP contribution in [0, 0.1) is 0 Å². The molecule has 0 aliphatic rings. The Morgan fingerprint density at radius 1 is 0.909 bits per heavy atom. The molecule has 0 atom stereocenters. The van der Waals surface area contributed by atoms with Crippen LogP contribution in [0.25, 0.3) is 0 Å². The van der Waals surface area contributed by atoms with Crippen molar-refractivity contribution in [2.24, 2.45) is 0 Å². The van der Waals surface area contributed by atoms with Crippen molar-refractivity contribution >= 4 is 23.1 Å². The Labute approximate surface area is 86.2 Å². The maximum absolute atomic E-state index is 9.80. The molecule has 11 heavy (non-hydrogen) atoms. The van der Waals surface area contributed by atoms with Crippen LogP contribution in [0.4, 0.5) is 0 Å². The molecule has 0 saturated carbocycles. The van der Waals surface area contributed by atoms with Crippen molar-refractivity contribution in [1.29, 1.82) is 0 Å².